The Morgan fingerprint density at radius 2 is 1.79 bits per heavy atom. The van der Waals surface area contributed by atoms with Gasteiger partial charge in [-0.05, 0) is 5.56 Å². The third-order valence-corrected chi connectivity index (χ3v) is 4.44. The number of nitriles is 1. The van der Waals surface area contributed by atoms with Crippen LogP contribution in [0.5, 0.6) is 0 Å². The Balaban J connectivity index is 2.42. The molecule has 0 unspecified atom stereocenters. The minimum Gasteiger partial charge on any atom is -0.192 e. The highest BCUT2D eigenvalue weighted by molar-refractivity contribution is 8.13. The summed E-state index contributed by atoms with van der Waals surface area (Å²) in [4.78, 5) is 2.01. The summed E-state index contributed by atoms with van der Waals surface area (Å²) < 4.78 is 0. The Hall–Kier alpha value is -0.850. The molecule has 14 heavy (non-hydrogen) atoms. The van der Waals surface area contributed by atoms with E-state index in [1.54, 1.807) is 23.5 Å². The quantitative estimate of drug-likeness (QED) is 0.723. The normalized spacial score (nSPS) is 16.5. The maximum absolute atomic E-state index is 8.98. The number of benzene rings is 1. The lowest BCUT2D eigenvalue weighted by Crippen LogP contribution is -1.95. The van der Waals surface area contributed by atoms with Gasteiger partial charge in [-0.2, -0.15) is 5.26 Å². The van der Waals surface area contributed by atoms with E-state index in [9.17, 15) is 0 Å². The van der Waals surface area contributed by atoms with Gasteiger partial charge in [-0.15, -0.1) is 23.5 Å². The molecule has 0 saturated heterocycles. The molecule has 0 fully saturated rings. The second kappa shape index (κ2) is 4.59. The Morgan fingerprint density at radius 3 is 2.50 bits per heavy atom. The second-order valence-corrected chi connectivity index (χ2v) is 5.04. The van der Waals surface area contributed by atoms with E-state index in [-0.39, 0.29) is 0 Å². The first-order valence-corrected chi connectivity index (χ1v) is 6.34. The summed E-state index contributed by atoms with van der Waals surface area (Å²) in [7, 11) is 0. The summed E-state index contributed by atoms with van der Waals surface area (Å²) in [6.07, 6.45) is 0. The van der Waals surface area contributed by atoms with Crippen molar-refractivity contribution in [3.63, 3.8) is 0 Å². The number of thioether (sulfide) groups is 2. The van der Waals surface area contributed by atoms with Gasteiger partial charge < -0.3 is 0 Å². The van der Waals surface area contributed by atoms with Crippen LogP contribution in [0.3, 0.4) is 0 Å². The molecule has 70 valence electrons. The van der Waals surface area contributed by atoms with Gasteiger partial charge in [-0.25, -0.2) is 0 Å². The van der Waals surface area contributed by atoms with Crippen LogP contribution in [-0.2, 0) is 0 Å². The first kappa shape index (κ1) is 9.70. The zero-order chi connectivity index (χ0) is 9.80. The minimum absolute atomic E-state index is 0.868. The Labute approximate surface area is 92.2 Å². The average molecular weight is 219 g/mol. The molecule has 1 nitrogen and oxygen atoms in total. The monoisotopic (exact) mass is 219 g/mol. The number of allylic oxidation sites excluding steroid dienone is 1. The van der Waals surface area contributed by atoms with Gasteiger partial charge in [-0.1, -0.05) is 30.3 Å². The Kier molecular flexibility index (Phi) is 3.18. The van der Waals surface area contributed by atoms with Crippen LogP contribution in [0.25, 0.3) is 4.91 Å². The highest BCUT2D eigenvalue weighted by Gasteiger charge is 2.14. The molecule has 3 heteroatoms. The zero-order valence-electron chi connectivity index (χ0n) is 7.56. The van der Waals surface area contributed by atoms with Crippen LogP contribution in [0.15, 0.2) is 35.2 Å². The number of rotatable bonds is 1. The molecule has 1 aliphatic heterocycles. The van der Waals surface area contributed by atoms with Crippen LogP contribution >= 0.6 is 23.5 Å². The van der Waals surface area contributed by atoms with Gasteiger partial charge in [0.05, 0.1) is 4.91 Å². The molecule has 1 aromatic rings. The fraction of sp³-hybridized carbons (Fsp3) is 0.182. The van der Waals surface area contributed by atoms with E-state index in [4.69, 9.17) is 5.26 Å². The molecule has 0 radical (unpaired) electrons. The van der Waals surface area contributed by atoms with Crippen LogP contribution in [0.4, 0.5) is 0 Å². The lowest BCUT2D eigenvalue weighted by atomic mass is 10.2. The largest absolute Gasteiger partial charge is 0.192 e. The molecule has 1 aliphatic rings. The van der Waals surface area contributed by atoms with Crippen LogP contribution in [-0.4, -0.2) is 11.5 Å². The molecule has 0 atom stereocenters. The summed E-state index contributed by atoms with van der Waals surface area (Å²) in [5.74, 6) is 2.14. The molecule has 2 rings (SSSR count). The third-order valence-electron chi connectivity index (χ3n) is 1.92. The second-order valence-electron chi connectivity index (χ2n) is 2.83. The zero-order valence-corrected chi connectivity index (χ0v) is 9.20. The molecule has 0 amide bonds. The van der Waals surface area contributed by atoms with E-state index in [2.05, 4.69) is 18.2 Å². The molecule has 0 saturated carbocycles. The first-order chi connectivity index (χ1) is 6.92. The molecular weight excluding hydrogens is 210 g/mol. The predicted molar refractivity (Wildman–Crippen MR) is 63.9 cm³/mol. The van der Waals surface area contributed by atoms with Crippen molar-refractivity contribution in [2.75, 3.05) is 11.5 Å². The highest BCUT2D eigenvalue weighted by Crippen LogP contribution is 2.39. The predicted octanol–water partition coefficient (Wildman–Crippen LogP) is 3.36. The van der Waals surface area contributed by atoms with Crippen LogP contribution in [0.2, 0.25) is 0 Å². The van der Waals surface area contributed by atoms with Gasteiger partial charge in [0.2, 0.25) is 0 Å². The van der Waals surface area contributed by atoms with Gasteiger partial charge in [0, 0.05) is 16.4 Å². The molecule has 0 spiro atoms. The molecule has 0 N–H and O–H groups in total. The van der Waals surface area contributed by atoms with Gasteiger partial charge in [0.1, 0.15) is 6.07 Å². The number of nitrogens with zero attached hydrogens (tertiary/aromatic N) is 1. The topological polar surface area (TPSA) is 23.8 Å². The number of hydrogen-bond acceptors (Lipinski definition) is 3. The molecule has 0 aliphatic carbocycles. The lowest BCUT2D eigenvalue weighted by Gasteiger charge is -2.14. The standard InChI is InChI=1S/C11H9NS2/c12-8-10-11(14-7-6-13-10)9-4-2-1-3-5-9/h1-5H,6-7H2. The number of hydrogen-bond donors (Lipinski definition) is 0. The van der Waals surface area contributed by atoms with Crippen molar-refractivity contribution >= 4 is 28.4 Å². The van der Waals surface area contributed by atoms with E-state index in [1.807, 2.05) is 18.2 Å². The highest BCUT2D eigenvalue weighted by atomic mass is 32.2. The van der Waals surface area contributed by atoms with Crippen molar-refractivity contribution in [3.05, 3.63) is 40.8 Å². The molecular formula is C11H9NS2. The van der Waals surface area contributed by atoms with Crippen molar-refractivity contribution in [1.29, 1.82) is 5.26 Å². The van der Waals surface area contributed by atoms with E-state index in [0.717, 1.165) is 21.3 Å². The summed E-state index contributed by atoms with van der Waals surface area (Å²) in [5.41, 5.74) is 1.17. The van der Waals surface area contributed by atoms with Crippen molar-refractivity contribution in [1.82, 2.24) is 0 Å². The van der Waals surface area contributed by atoms with E-state index in [1.165, 1.54) is 5.56 Å². The maximum atomic E-state index is 8.98. The van der Waals surface area contributed by atoms with Crippen molar-refractivity contribution in [2.45, 2.75) is 0 Å². The lowest BCUT2D eigenvalue weighted by molar-refractivity contribution is 1.51. The third kappa shape index (κ3) is 1.97. The van der Waals surface area contributed by atoms with E-state index >= 15 is 0 Å². The van der Waals surface area contributed by atoms with Gasteiger partial charge >= 0.3 is 0 Å². The van der Waals surface area contributed by atoms with Crippen molar-refractivity contribution in [2.24, 2.45) is 0 Å². The molecule has 0 bridgehead atoms. The van der Waals surface area contributed by atoms with Gasteiger partial charge in [0.15, 0.2) is 0 Å². The van der Waals surface area contributed by atoms with Gasteiger partial charge in [-0.3, -0.25) is 0 Å². The van der Waals surface area contributed by atoms with E-state index < -0.39 is 0 Å². The van der Waals surface area contributed by atoms with Crippen LogP contribution in [0, 0.1) is 11.3 Å². The maximum Gasteiger partial charge on any atom is 0.107 e. The summed E-state index contributed by atoms with van der Waals surface area (Å²) >= 11 is 3.45. The van der Waals surface area contributed by atoms with Crippen molar-refractivity contribution in [3.8, 4) is 6.07 Å². The Morgan fingerprint density at radius 1 is 1.07 bits per heavy atom. The molecule has 1 heterocycles. The van der Waals surface area contributed by atoms with Crippen LogP contribution in [0.1, 0.15) is 5.56 Å². The average Bonchev–Trinajstić information content (AvgIpc) is 2.30. The summed E-state index contributed by atoms with van der Waals surface area (Å²) in [6, 6.07) is 12.4. The minimum atomic E-state index is 0.868. The first-order valence-electron chi connectivity index (χ1n) is 4.37. The SMILES string of the molecule is N#CC1=C(c2ccccc2)SCCS1. The summed E-state index contributed by atoms with van der Waals surface area (Å²) in [6.45, 7) is 0. The molecule has 0 aromatic heterocycles. The van der Waals surface area contributed by atoms with E-state index in [0.29, 0.717) is 0 Å². The van der Waals surface area contributed by atoms with Crippen molar-refractivity contribution < 1.29 is 0 Å². The Bertz CT molecular complexity index is 389. The van der Waals surface area contributed by atoms with Gasteiger partial charge in [0.25, 0.3) is 0 Å². The smallest absolute Gasteiger partial charge is 0.107 e. The fourth-order valence-electron chi connectivity index (χ4n) is 1.31. The van der Waals surface area contributed by atoms with Crippen LogP contribution < -0.4 is 0 Å². The summed E-state index contributed by atoms with van der Waals surface area (Å²) in [5, 5.41) is 8.98. The fourth-order valence-corrected chi connectivity index (χ4v) is 3.53. The molecule has 1 aromatic carbocycles.